The van der Waals surface area contributed by atoms with E-state index in [0.717, 1.165) is 11.5 Å². The van der Waals surface area contributed by atoms with Crippen molar-refractivity contribution in [3.05, 3.63) is 42.2 Å². The molecule has 1 unspecified atom stereocenters. The van der Waals surface area contributed by atoms with E-state index in [0.29, 0.717) is 19.4 Å². The third-order valence-electron chi connectivity index (χ3n) is 3.58. The maximum atomic E-state index is 12.4. The zero-order valence-electron chi connectivity index (χ0n) is 13.1. The number of nitrogens with zero attached hydrogens (tertiary/aromatic N) is 5. The Bertz CT molecular complexity index is 599. The number of hydrogen-bond donors (Lipinski definition) is 0. The summed E-state index contributed by atoms with van der Waals surface area (Å²) >= 11 is 0. The summed E-state index contributed by atoms with van der Waals surface area (Å²) in [7, 11) is 5.26. The molecule has 0 radical (unpaired) electrons. The summed E-state index contributed by atoms with van der Waals surface area (Å²) in [6, 6.07) is 5.46. The van der Waals surface area contributed by atoms with Crippen molar-refractivity contribution in [1.29, 1.82) is 0 Å². The smallest absolute Gasteiger partial charge is 0.223 e. The molecule has 7 heteroatoms. The number of hydrogen-bond acceptors (Lipinski definition) is 5. The maximum Gasteiger partial charge on any atom is 0.223 e. The molecule has 1 atom stereocenters. The van der Waals surface area contributed by atoms with E-state index < -0.39 is 0 Å². The molecule has 0 spiro atoms. The average molecular weight is 303 g/mol. The van der Waals surface area contributed by atoms with Crippen molar-refractivity contribution in [1.82, 2.24) is 24.6 Å². The van der Waals surface area contributed by atoms with Gasteiger partial charge in [0.15, 0.2) is 0 Å². The number of aromatic nitrogens is 4. The Morgan fingerprint density at radius 3 is 2.86 bits per heavy atom. The Labute approximate surface area is 129 Å². The van der Waals surface area contributed by atoms with Gasteiger partial charge >= 0.3 is 0 Å². The van der Waals surface area contributed by atoms with Crippen LogP contribution in [0.15, 0.2) is 30.7 Å². The summed E-state index contributed by atoms with van der Waals surface area (Å²) in [6.45, 7) is 0.406. The number of amides is 1. The molecule has 2 heterocycles. The fourth-order valence-electron chi connectivity index (χ4n) is 2.23. The molecule has 0 aromatic carbocycles. The van der Waals surface area contributed by atoms with E-state index in [1.165, 1.54) is 0 Å². The Morgan fingerprint density at radius 2 is 2.27 bits per heavy atom. The van der Waals surface area contributed by atoms with Crippen molar-refractivity contribution in [2.75, 3.05) is 20.8 Å². The molecule has 7 nitrogen and oxygen atoms in total. The fraction of sp³-hybridized carbons (Fsp3) is 0.467. The molecule has 0 aliphatic carbocycles. The minimum Gasteiger partial charge on any atom is -0.382 e. The second-order valence-corrected chi connectivity index (χ2v) is 5.09. The molecule has 2 aromatic heterocycles. The molecule has 1 amide bonds. The van der Waals surface area contributed by atoms with Gasteiger partial charge in [-0.1, -0.05) is 6.07 Å². The lowest BCUT2D eigenvalue weighted by Gasteiger charge is -2.27. The van der Waals surface area contributed by atoms with Gasteiger partial charge in [0, 0.05) is 40.2 Å². The van der Waals surface area contributed by atoms with Crippen LogP contribution < -0.4 is 0 Å². The summed E-state index contributed by atoms with van der Waals surface area (Å²) in [5, 5.41) is 7.81. The van der Waals surface area contributed by atoms with Gasteiger partial charge < -0.3 is 14.2 Å². The van der Waals surface area contributed by atoms with Crippen LogP contribution in [0.1, 0.15) is 24.0 Å². The second-order valence-electron chi connectivity index (χ2n) is 5.09. The number of methoxy groups -OCH3 is 1. The van der Waals surface area contributed by atoms with Crippen LogP contribution in [0.3, 0.4) is 0 Å². The molecule has 0 aliphatic heterocycles. The van der Waals surface area contributed by atoms with Crippen molar-refractivity contribution in [3.8, 4) is 0 Å². The van der Waals surface area contributed by atoms with E-state index >= 15 is 0 Å². The number of carbonyl (C=O) groups is 1. The van der Waals surface area contributed by atoms with Gasteiger partial charge in [-0.15, -0.1) is 10.2 Å². The second kappa shape index (κ2) is 7.65. The highest BCUT2D eigenvalue weighted by molar-refractivity contribution is 5.76. The molecule has 0 N–H and O–H groups in total. The predicted octanol–water partition coefficient (Wildman–Crippen LogP) is 0.989. The monoisotopic (exact) mass is 303 g/mol. The van der Waals surface area contributed by atoms with Gasteiger partial charge in [0.1, 0.15) is 12.2 Å². The average Bonchev–Trinajstić information content (AvgIpc) is 2.95. The Kier molecular flexibility index (Phi) is 5.60. The summed E-state index contributed by atoms with van der Waals surface area (Å²) in [4.78, 5) is 18.4. The van der Waals surface area contributed by atoms with Crippen molar-refractivity contribution in [2.24, 2.45) is 7.05 Å². The SMILES string of the molecule is COCC(c1ccccn1)N(C)C(=O)CCc1nncn1C. The van der Waals surface area contributed by atoms with Gasteiger partial charge in [-0.25, -0.2) is 0 Å². The highest BCUT2D eigenvalue weighted by atomic mass is 16.5. The van der Waals surface area contributed by atoms with Crippen molar-refractivity contribution >= 4 is 5.91 Å². The first-order chi connectivity index (χ1) is 10.6. The third kappa shape index (κ3) is 3.88. The summed E-state index contributed by atoms with van der Waals surface area (Å²) in [5.74, 6) is 0.818. The lowest BCUT2D eigenvalue weighted by molar-refractivity contribution is -0.133. The first-order valence-corrected chi connectivity index (χ1v) is 7.12. The van der Waals surface area contributed by atoms with E-state index in [-0.39, 0.29) is 11.9 Å². The van der Waals surface area contributed by atoms with E-state index in [4.69, 9.17) is 4.74 Å². The Morgan fingerprint density at radius 1 is 1.45 bits per heavy atom. The normalized spacial score (nSPS) is 12.1. The van der Waals surface area contributed by atoms with Gasteiger partial charge in [0.25, 0.3) is 0 Å². The molecule has 0 fully saturated rings. The van der Waals surface area contributed by atoms with Crippen LogP contribution >= 0.6 is 0 Å². The maximum absolute atomic E-state index is 12.4. The van der Waals surface area contributed by atoms with Gasteiger partial charge in [-0.05, 0) is 12.1 Å². The minimum absolute atomic E-state index is 0.0238. The van der Waals surface area contributed by atoms with Gasteiger partial charge in [0.05, 0.1) is 18.3 Å². The molecule has 118 valence electrons. The van der Waals surface area contributed by atoms with Crippen LogP contribution in [-0.4, -0.2) is 51.3 Å². The number of ether oxygens (including phenoxy) is 1. The quantitative estimate of drug-likeness (QED) is 0.762. The largest absolute Gasteiger partial charge is 0.382 e. The molecule has 0 bridgehead atoms. The molecule has 22 heavy (non-hydrogen) atoms. The van der Waals surface area contributed by atoms with Gasteiger partial charge in [-0.2, -0.15) is 0 Å². The van der Waals surface area contributed by atoms with Crippen LogP contribution in [0.2, 0.25) is 0 Å². The topological polar surface area (TPSA) is 73.1 Å². The minimum atomic E-state index is -0.196. The molecule has 2 rings (SSSR count). The molecule has 0 aliphatic rings. The van der Waals surface area contributed by atoms with Crippen molar-refractivity contribution in [3.63, 3.8) is 0 Å². The van der Waals surface area contributed by atoms with Crippen LogP contribution in [0.4, 0.5) is 0 Å². The van der Waals surface area contributed by atoms with Crippen LogP contribution in [0.5, 0.6) is 0 Å². The lowest BCUT2D eigenvalue weighted by Crippen LogP contribution is -2.34. The van der Waals surface area contributed by atoms with E-state index in [2.05, 4.69) is 15.2 Å². The van der Waals surface area contributed by atoms with Crippen molar-refractivity contribution in [2.45, 2.75) is 18.9 Å². The summed E-state index contributed by atoms with van der Waals surface area (Å²) in [6.07, 6.45) is 4.28. The van der Waals surface area contributed by atoms with Crippen molar-refractivity contribution < 1.29 is 9.53 Å². The number of carbonyl (C=O) groups excluding carboxylic acids is 1. The number of pyridine rings is 1. The number of likely N-dealkylation sites (N-methyl/N-ethyl adjacent to an activating group) is 1. The molecular formula is C15H21N5O2. The number of aryl methyl sites for hydroxylation is 2. The van der Waals surface area contributed by atoms with Crippen LogP contribution in [0, 0.1) is 0 Å². The first kappa shape index (κ1) is 16.1. The van der Waals surface area contributed by atoms with E-state index in [1.807, 2.05) is 29.8 Å². The first-order valence-electron chi connectivity index (χ1n) is 7.12. The van der Waals surface area contributed by atoms with Crippen LogP contribution in [-0.2, 0) is 23.0 Å². The highest BCUT2D eigenvalue weighted by Crippen LogP contribution is 2.18. The molecule has 0 saturated carbocycles. The van der Waals surface area contributed by atoms with Crippen LogP contribution in [0.25, 0.3) is 0 Å². The third-order valence-corrected chi connectivity index (χ3v) is 3.58. The molecule has 0 saturated heterocycles. The number of rotatable bonds is 7. The standard InChI is InChI=1S/C15H21N5O2/c1-19-11-17-18-14(19)7-8-15(21)20(2)13(10-22-3)12-6-4-5-9-16-12/h4-6,9,11,13H,7-8,10H2,1-3H3. The summed E-state index contributed by atoms with van der Waals surface area (Å²) in [5.41, 5.74) is 0.818. The summed E-state index contributed by atoms with van der Waals surface area (Å²) < 4.78 is 7.06. The Balaban J connectivity index is 2.02. The molecule has 2 aromatic rings. The molecular weight excluding hydrogens is 282 g/mol. The van der Waals surface area contributed by atoms with E-state index in [1.54, 1.807) is 31.6 Å². The van der Waals surface area contributed by atoms with Gasteiger partial charge in [-0.3, -0.25) is 9.78 Å². The zero-order valence-corrected chi connectivity index (χ0v) is 13.1. The lowest BCUT2D eigenvalue weighted by atomic mass is 10.1. The predicted molar refractivity (Wildman–Crippen MR) is 80.9 cm³/mol. The Hall–Kier alpha value is -2.28. The fourth-order valence-corrected chi connectivity index (χ4v) is 2.23. The van der Waals surface area contributed by atoms with E-state index in [9.17, 15) is 4.79 Å². The zero-order chi connectivity index (χ0) is 15.9. The van der Waals surface area contributed by atoms with Gasteiger partial charge in [0.2, 0.25) is 5.91 Å². The highest BCUT2D eigenvalue weighted by Gasteiger charge is 2.22.